The first-order valence-electron chi connectivity index (χ1n) is 12.4. The number of ether oxygens (including phenoxy) is 2. The van der Waals surface area contributed by atoms with Gasteiger partial charge in [-0.15, -0.1) is 13.2 Å². The van der Waals surface area contributed by atoms with Crippen molar-refractivity contribution in [1.29, 1.82) is 0 Å². The van der Waals surface area contributed by atoms with E-state index < -0.39 is 6.36 Å². The molecule has 1 aromatic heterocycles. The number of aryl methyl sites for hydroxylation is 1. The molecule has 1 aliphatic carbocycles. The highest BCUT2D eigenvalue weighted by molar-refractivity contribution is 5.79. The fourth-order valence-electron chi connectivity index (χ4n) is 4.65. The normalized spacial score (nSPS) is 20.3. The fraction of sp³-hybridized carbons (Fsp3) is 0.583. The zero-order chi connectivity index (χ0) is 26.4. The van der Waals surface area contributed by atoms with Crippen LogP contribution in [-0.2, 0) is 16.1 Å². The molecule has 2 atom stereocenters. The van der Waals surface area contributed by atoms with E-state index in [2.05, 4.69) is 35.6 Å². The van der Waals surface area contributed by atoms with Crippen molar-refractivity contribution in [1.82, 2.24) is 20.3 Å². The number of hydrogen-bond acceptors (Lipinski definition) is 9. The lowest BCUT2D eigenvalue weighted by Crippen LogP contribution is -2.37. The number of hydrogen-bond donors (Lipinski definition) is 3. The van der Waals surface area contributed by atoms with Crippen molar-refractivity contribution in [3.63, 3.8) is 0 Å². The third-order valence-electron chi connectivity index (χ3n) is 6.45. The van der Waals surface area contributed by atoms with Crippen LogP contribution in [0.15, 0.2) is 18.2 Å². The summed E-state index contributed by atoms with van der Waals surface area (Å²) in [5.41, 5.74) is 0.877. The number of rotatable bonds is 8. The number of carbonyl (C=O) groups excluding carboxylic acids is 1. The number of alkyl halides is 3. The quantitative estimate of drug-likeness (QED) is 0.480. The monoisotopic (exact) mass is 523 g/mol. The second-order valence-electron chi connectivity index (χ2n) is 9.14. The summed E-state index contributed by atoms with van der Waals surface area (Å²) < 4.78 is 49.0. The van der Waals surface area contributed by atoms with Gasteiger partial charge in [0.25, 0.3) is 0 Å². The van der Waals surface area contributed by atoms with Gasteiger partial charge in [-0.05, 0) is 32.3 Å². The van der Waals surface area contributed by atoms with Crippen LogP contribution in [0, 0.1) is 12.8 Å². The minimum atomic E-state index is -4.84. The van der Waals surface area contributed by atoms with Crippen molar-refractivity contribution in [2.24, 2.45) is 5.92 Å². The molecule has 1 saturated heterocycles. The first kappa shape index (κ1) is 26.7. The molecule has 2 aromatic rings. The highest BCUT2D eigenvalue weighted by atomic mass is 19.4. The number of anilines is 3. The van der Waals surface area contributed by atoms with Crippen LogP contribution in [0.2, 0.25) is 0 Å². The Balaban J connectivity index is 1.38. The predicted octanol–water partition coefficient (Wildman–Crippen LogP) is 3.24. The highest BCUT2D eigenvalue weighted by Crippen LogP contribution is 2.32. The molecule has 37 heavy (non-hydrogen) atoms. The topological polar surface area (TPSA) is 114 Å². The smallest absolute Gasteiger partial charge is 0.405 e. The van der Waals surface area contributed by atoms with E-state index in [0.717, 1.165) is 12.8 Å². The summed E-state index contributed by atoms with van der Waals surface area (Å²) in [4.78, 5) is 27.7. The maximum Gasteiger partial charge on any atom is 0.573 e. The van der Waals surface area contributed by atoms with E-state index in [9.17, 15) is 18.0 Å². The van der Waals surface area contributed by atoms with Crippen LogP contribution in [0.1, 0.15) is 37.1 Å². The molecule has 13 heteroatoms. The van der Waals surface area contributed by atoms with Gasteiger partial charge in [0.2, 0.25) is 17.8 Å². The molecule has 3 N–H and O–H groups in total. The summed E-state index contributed by atoms with van der Waals surface area (Å²) in [7, 11) is 1.72. The molecule has 2 aliphatic rings. The molecule has 0 radical (unpaired) electrons. The predicted molar refractivity (Wildman–Crippen MR) is 131 cm³/mol. The maximum atomic E-state index is 13.1. The molecule has 0 bridgehead atoms. The van der Waals surface area contributed by atoms with Crippen molar-refractivity contribution in [3.8, 4) is 5.75 Å². The van der Waals surface area contributed by atoms with Gasteiger partial charge in [0, 0.05) is 56.0 Å². The van der Waals surface area contributed by atoms with Crippen molar-refractivity contribution in [2.45, 2.75) is 51.6 Å². The summed E-state index contributed by atoms with van der Waals surface area (Å²) >= 11 is 0. The Morgan fingerprint density at radius 3 is 2.65 bits per heavy atom. The van der Waals surface area contributed by atoms with Crippen LogP contribution < -0.4 is 25.6 Å². The van der Waals surface area contributed by atoms with Gasteiger partial charge in [0.1, 0.15) is 11.6 Å². The molecule has 0 spiro atoms. The van der Waals surface area contributed by atoms with E-state index >= 15 is 0 Å². The first-order valence-corrected chi connectivity index (χ1v) is 12.4. The standard InChI is InChI=1S/C24H32F3N7O3/c1-15-30-22(28-2)33-23(31-15)32-18-5-3-4-16(12-18)21(35)29-14-17-6-7-19(34-8-10-36-11-9-34)13-20(17)37-24(25,26)27/h6-7,13,16,18H,3-5,8-12,14H2,1-2H3,(H,29,35)(H2,28,30,31,32,33)/t16-,18+/m0/s1. The fourth-order valence-corrected chi connectivity index (χ4v) is 4.65. The lowest BCUT2D eigenvalue weighted by molar-refractivity contribution is -0.274. The molecule has 10 nitrogen and oxygen atoms in total. The van der Waals surface area contributed by atoms with Crippen molar-refractivity contribution in [3.05, 3.63) is 29.6 Å². The first-order chi connectivity index (χ1) is 17.7. The van der Waals surface area contributed by atoms with Crippen LogP contribution in [0.5, 0.6) is 5.75 Å². The molecule has 1 aromatic carbocycles. The number of carbonyl (C=O) groups is 1. The molecular formula is C24H32F3N7O3. The summed E-state index contributed by atoms with van der Waals surface area (Å²) in [5, 5.41) is 8.98. The Labute approximate surface area is 213 Å². The second-order valence-corrected chi connectivity index (χ2v) is 9.14. The third kappa shape index (κ3) is 7.57. The Morgan fingerprint density at radius 1 is 1.16 bits per heavy atom. The number of nitrogens with zero attached hydrogens (tertiary/aromatic N) is 4. The number of halogens is 3. The van der Waals surface area contributed by atoms with Gasteiger partial charge < -0.3 is 30.3 Å². The van der Waals surface area contributed by atoms with Crippen LogP contribution in [-0.4, -0.2) is 66.6 Å². The van der Waals surface area contributed by atoms with Crippen molar-refractivity contribution >= 4 is 23.5 Å². The maximum absolute atomic E-state index is 13.1. The summed E-state index contributed by atoms with van der Waals surface area (Å²) in [5.74, 6) is 0.671. The van der Waals surface area contributed by atoms with Gasteiger partial charge in [-0.1, -0.05) is 12.5 Å². The molecule has 1 aliphatic heterocycles. The zero-order valence-corrected chi connectivity index (χ0v) is 20.9. The molecule has 2 heterocycles. The average Bonchev–Trinajstić information content (AvgIpc) is 2.87. The molecule has 2 fully saturated rings. The molecule has 202 valence electrons. The Bertz CT molecular complexity index is 1080. The molecule has 4 rings (SSSR count). The lowest BCUT2D eigenvalue weighted by atomic mass is 9.85. The number of nitrogens with one attached hydrogen (secondary N) is 3. The van der Waals surface area contributed by atoms with Crippen LogP contribution >= 0.6 is 0 Å². The largest absolute Gasteiger partial charge is 0.573 e. The third-order valence-corrected chi connectivity index (χ3v) is 6.45. The SMILES string of the molecule is CNc1nc(C)nc(N[C@@H]2CCC[C@H](C(=O)NCc3ccc(N4CCOCC4)cc3OC(F)(F)F)C2)n1. The number of morpholine rings is 1. The number of benzene rings is 1. The minimum Gasteiger partial charge on any atom is -0.405 e. The Morgan fingerprint density at radius 2 is 1.92 bits per heavy atom. The van der Waals surface area contributed by atoms with Crippen molar-refractivity contribution in [2.75, 3.05) is 48.9 Å². The molecule has 1 amide bonds. The molecular weight excluding hydrogens is 491 g/mol. The highest BCUT2D eigenvalue weighted by Gasteiger charge is 2.33. The van der Waals surface area contributed by atoms with E-state index in [4.69, 9.17) is 4.74 Å². The van der Waals surface area contributed by atoms with Gasteiger partial charge >= 0.3 is 6.36 Å². The van der Waals surface area contributed by atoms with Crippen LogP contribution in [0.25, 0.3) is 0 Å². The van der Waals surface area contributed by atoms with E-state index in [1.165, 1.54) is 6.07 Å². The lowest BCUT2D eigenvalue weighted by Gasteiger charge is -2.30. The van der Waals surface area contributed by atoms with Gasteiger partial charge in [0.05, 0.1) is 13.2 Å². The van der Waals surface area contributed by atoms with Gasteiger partial charge in [-0.3, -0.25) is 4.79 Å². The van der Waals surface area contributed by atoms with Gasteiger partial charge in [0.15, 0.2) is 0 Å². The number of amides is 1. The Hall–Kier alpha value is -3.35. The van der Waals surface area contributed by atoms with Gasteiger partial charge in [-0.2, -0.15) is 15.0 Å². The van der Waals surface area contributed by atoms with E-state index in [-0.39, 0.29) is 35.7 Å². The average molecular weight is 524 g/mol. The summed E-state index contributed by atoms with van der Waals surface area (Å²) in [6.07, 6.45) is -1.90. The molecule has 0 unspecified atom stereocenters. The Kier molecular flexibility index (Phi) is 8.52. The van der Waals surface area contributed by atoms with E-state index in [1.807, 2.05) is 4.90 Å². The summed E-state index contributed by atoms with van der Waals surface area (Å²) in [6, 6.07) is 4.68. The van der Waals surface area contributed by atoms with Crippen LogP contribution in [0.3, 0.4) is 0 Å². The van der Waals surface area contributed by atoms with Gasteiger partial charge in [-0.25, -0.2) is 0 Å². The molecule has 1 saturated carbocycles. The van der Waals surface area contributed by atoms with Crippen molar-refractivity contribution < 1.29 is 27.4 Å². The van der Waals surface area contributed by atoms with Crippen LogP contribution in [0.4, 0.5) is 30.8 Å². The minimum absolute atomic E-state index is 0.00654. The number of aromatic nitrogens is 3. The second kappa shape index (κ2) is 11.8. The van der Waals surface area contributed by atoms with E-state index in [1.54, 1.807) is 26.1 Å². The zero-order valence-electron chi connectivity index (χ0n) is 20.9. The summed E-state index contributed by atoms with van der Waals surface area (Å²) in [6.45, 7) is 3.88. The van der Waals surface area contributed by atoms with E-state index in [0.29, 0.717) is 62.6 Å².